The Morgan fingerprint density at radius 1 is 1.28 bits per heavy atom. The molecule has 0 unspecified atom stereocenters. The molecule has 1 aromatic carbocycles. The number of nitrogens with zero attached hydrogens (tertiary/aromatic N) is 2. The highest BCUT2D eigenvalue weighted by atomic mass is 19.4. The van der Waals surface area contributed by atoms with Crippen molar-refractivity contribution in [3.63, 3.8) is 0 Å². The number of hydrogen-bond acceptors (Lipinski definition) is 6. The van der Waals surface area contributed by atoms with E-state index in [0.29, 0.717) is 0 Å². The molecule has 0 spiro atoms. The van der Waals surface area contributed by atoms with Gasteiger partial charge in [-0.1, -0.05) is 5.16 Å². The second-order valence-corrected chi connectivity index (χ2v) is 5.46. The van der Waals surface area contributed by atoms with Crippen LogP contribution < -0.4 is 10.1 Å². The number of anilines is 1. The molecule has 0 bridgehead atoms. The molecular weight excluding hydrogens is 347 g/mol. The lowest BCUT2D eigenvalue weighted by molar-refractivity contribution is -0.384. The van der Waals surface area contributed by atoms with Crippen LogP contribution in [0.15, 0.2) is 34.9 Å². The molecule has 0 aliphatic rings. The van der Waals surface area contributed by atoms with Gasteiger partial charge in [-0.05, 0) is 26.0 Å². The van der Waals surface area contributed by atoms with Gasteiger partial charge >= 0.3 is 12.3 Å². The summed E-state index contributed by atoms with van der Waals surface area (Å²) >= 11 is 0. The first-order valence-corrected chi connectivity index (χ1v) is 6.78. The zero-order valence-corrected chi connectivity index (χ0v) is 13.0. The number of ether oxygens (including phenoxy) is 1. The molecule has 1 amide bonds. The van der Waals surface area contributed by atoms with E-state index < -0.39 is 28.4 Å². The van der Waals surface area contributed by atoms with Crippen LogP contribution in [-0.2, 0) is 5.41 Å². The summed E-state index contributed by atoms with van der Waals surface area (Å²) in [6.45, 7) is 1.82. The van der Waals surface area contributed by atoms with Crippen LogP contribution in [0.5, 0.6) is 5.75 Å². The molecule has 0 saturated heterocycles. The van der Waals surface area contributed by atoms with Gasteiger partial charge in [0.2, 0.25) is 0 Å². The molecule has 134 valence electrons. The van der Waals surface area contributed by atoms with E-state index in [1.54, 1.807) is 0 Å². The molecule has 8 nitrogen and oxygen atoms in total. The molecule has 0 atom stereocenters. The topological polar surface area (TPSA) is 108 Å². The molecule has 1 N–H and O–H groups in total. The summed E-state index contributed by atoms with van der Waals surface area (Å²) in [7, 11) is 0. The van der Waals surface area contributed by atoms with E-state index in [9.17, 15) is 28.1 Å². The maximum Gasteiger partial charge on any atom is 0.418 e. The van der Waals surface area contributed by atoms with E-state index in [1.165, 1.54) is 12.1 Å². The molecule has 1 aromatic heterocycles. The van der Waals surface area contributed by atoms with Crippen molar-refractivity contribution in [2.45, 2.75) is 25.4 Å². The average Bonchev–Trinajstić information content (AvgIpc) is 2.95. The zero-order chi connectivity index (χ0) is 18.8. The number of nitrogens with one attached hydrogen (secondary N) is 1. The summed E-state index contributed by atoms with van der Waals surface area (Å²) in [4.78, 5) is 21.6. The largest absolute Gasteiger partial charge is 0.418 e. The van der Waals surface area contributed by atoms with Gasteiger partial charge in [-0.2, -0.15) is 13.2 Å². The van der Waals surface area contributed by atoms with Gasteiger partial charge in [0.05, 0.1) is 4.92 Å². The van der Waals surface area contributed by atoms with Crippen LogP contribution in [0.3, 0.4) is 0 Å². The number of carbonyl (C=O) groups is 1. The highest BCUT2D eigenvalue weighted by molar-refractivity contribution is 5.85. The first-order valence-electron chi connectivity index (χ1n) is 6.78. The third kappa shape index (κ3) is 4.05. The second kappa shape index (κ2) is 6.42. The van der Waals surface area contributed by atoms with Gasteiger partial charge in [-0.25, -0.2) is 4.79 Å². The van der Waals surface area contributed by atoms with Gasteiger partial charge in [0.25, 0.3) is 5.69 Å². The number of benzene rings is 1. The second-order valence-electron chi connectivity index (χ2n) is 5.46. The van der Waals surface area contributed by atoms with Crippen molar-refractivity contribution in [1.82, 2.24) is 5.16 Å². The number of hydrogen-bond donors (Lipinski definition) is 1. The van der Waals surface area contributed by atoms with Crippen molar-refractivity contribution < 1.29 is 32.1 Å². The van der Waals surface area contributed by atoms with E-state index >= 15 is 0 Å². The maximum atomic E-state index is 12.9. The van der Waals surface area contributed by atoms with E-state index in [0.717, 1.165) is 32.0 Å². The predicted octanol–water partition coefficient (Wildman–Crippen LogP) is 4.03. The Balaban J connectivity index is 2.03. The van der Waals surface area contributed by atoms with Crippen LogP contribution in [0.25, 0.3) is 0 Å². The van der Waals surface area contributed by atoms with Crippen LogP contribution >= 0.6 is 0 Å². The zero-order valence-electron chi connectivity index (χ0n) is 13.0. The Hall–Kier alpha value is -3.11. The number of aromatic nitrogens is 1. The lowest BCUT2D eigenvalue weighted by atomic mass is 9.89. The molecule has 25 heavy (non-hydrogen) atoms. The van der Waals surface area contributed by atoms with Crippen molar-refractivity contribution >= 4 is 17.6 Å². The number of nitro groups is 1. The van der Waals surface area contributed by atoms with Crippen LogP contribution in [-0.4, -0.2) is 22.3 Å². The fourth-order valence-electron chi connectivity index (χ4n) is 1.64. The highest BCUT2D eigenvalue weighted by Gasteiger charge is 2.51. The van der Waals surface area contributed by atoms with Crippen LogP contribution in [0.2, 0.25) is 0 Å². The summed E-state index contributed by atoms with van der Waals surface area (Å²) in [6, 6.07) is 5.58. The fraction of sp³-hybridized carbons (Fsp3) is 0.286. The van der Waals surface area contributed by atoms with Crippen LogP contribution in [0.4, 0.5) is 29.5 Å². The van der Waals surface area contributed by atoms with Crippen LogP contribution in [0.1, 0.15) is 19.6 Å². The molecule has 0 saturated carbocycles. The number of alkyl halides is 3. The lowest BCUT2D eigenvalue weighted by Crippen LogP contribution is -2.35. The van der Waals surface area contributed by atoms with Gasteiger partial charge < -0.3 is 9.26 Å². The Kier molecular flexibility index (Phi) is 4.68. The number of halogens is 3. The minimum Gasteiger partial charge on any atom is -0.410 e. The summed E-state index contributed by atoms with van der Waals surface area (Å²) in [5, 5.41) is 16.0. The standard InChI is InChI=1S/C14H12F3N3O5/c1-13(2,14(15,16)17)10-7-11(19-25-10)18-12(21)24-9-5-3-8(4-6-9)20(22)23/h3-7H,1-2H3,(H,18,19,21). The van der Waals surface area contributed by atoms with Crippen molar-refractivity contribution in [3.05, 3.63) is 46.2 Å². The third-order valence-corrected chi connectivity index (χ3v) is 3.32. The summed E-state index contributed by atoms with van der Waals surface area (Å²) in [5.41, 5.74) is -2.48. The first kappa shape index (κ1) is 18.2. The number of amides is 1. The van der Waals surface area contributed by atoms with Gasteiger partial charge in [-0.3, -0.25) is 15.4 Å². The van der Waals surface area contributed by atoms with Crippen molar-refractivity contribution in [2.24, 2.45) is 0 Å². The highest BCUT2D eigenvalue weighted by Crippen LogP contribution is 2.41. The molecule has 0 aliphatic carbocycles. The maximum absolute atomic E-state index is 12.9. The monoisotopic (exact) mass is 359 g/mol. The van der Waals surface area contributed by atoms with Gasteiger partial charge in [0.15, 0.2) is 11.6 Å². The van der Waals surface area contributed by atoms with E-state index in [2.05, 4.69) is 15.0 Å². The number of nitro benzene ring substituents is 1. The fourth-order valence-corrected chi connectivity index (χ4v) is 1.64. The summed E-state index contributed by atoms with van der Waals surface area (Å²) in [6.07, 6.45) is -5.61. The Morgan fingerprint density at radius 3 is 2.40 bits per heavy atom. The van der Waals surface area contributed by atoms with Crippen molar-refractivity contribution in [1.29, 1.82) is 0 Å². The van der Waals surface area contributed by atoms with Crippen molar-refractivity contribution in [2.75, 3.05) is 5.32 Å². The minimum absolute atomic E-state index is 0.00226. The first-order chi connectivity index (χ1) is 11.5. The molecular formula is C14H12F3N3O5. The predicted molar refractivity (Wildman–Crippen MR) is 78.3 cm³/mol. The van der Waals surface area contributed by atoms with Crippen LogP contribution in [0, 0.1) is 10.1 Å². The smallest absolute Gasteiger partial charge is 0.410 e. The Morgan fingerprint density at radius 2 is 1.88 bits per heavy atom. The third-order valence-electron chi connectivity index (χ3n) is 3.32. The number of rotatable bonds is 4. The molecule has 1 heterocycles. The molecule has 2 rings (SSSR count). The van der Waals surface area contributed by atoms with Gasteiger partial charge in [0, 0.05) is 18.2 Å². The SMILES string of the molecule is CC(C)(c1cc(NC(=O)Oc2ccc([N+](=O)[O-])cc2)no1)C(F)(F)F. The molecule has 0 fully saturated rings. The Labute approximate surface area is 138 Å². The van der Waals surface area contributed by atoms with E-state index in [4.69, 9.17) is 4.74 Å². The van der Waals surface area contributed by atoms with E-state index in [-0.39, 0.29) is 17.3 Å². The number of carbonyl (C=O) groups excluding carboxylic acids is 1. The van der Waals surface area contributed by atoms with Crippen molar-refractivity contribution in [3.8, 4) is 5.75 Å². The molecule has 11 heteroatoms. The van der Waals surface area contributed by atoms with E-state index in [1.807, 2.05) is 0 Å². The summed E-state index contributed by atoms with van der Waals surface area (Å²) < 4.78 is 48.2. The lowest BCUT2D eigenvalue weighted by Gasteiger charge is -2.24. The summed E-state index contributed by atoms with van der Waals surface area (Å²) in [5.74, 6) is -0.743. The molecule has 0 aliphatic heterocycles. The van der Waals surface area contributed by atoms with Gasteiger partial charge in [0.1, 0.15) is 11.2 Å². The number of non-ortho nitro benzene ring substituents is 1. The van der Waals surface area contributed by atoms with Gasteiger partial charge in [-0.15, -0.1) is 0 Å². The Bertz CT molecular complexity index is 784. The normalized spacial score (nSPS) is 11.9. The quantitative estimate of drug-likeness (QED) is 0.652. The molecule has 0 radical (unpaired) electrons. The molecule has 2 aromatic rings. The minimum atomic E-state index is -4.57. The average molecular weight is 359 g/mol.